The van der Waals surface area contributed by atoms with Crippen LogP contribution in [0.2, 0.25) is 0 Å². The number of ether oxygens (including phenoxy) is 1. The summed E-state index contributed by atoms with van der Waals surface area (Å²) in [5, 5.41) is 0. The highest BCUT2D eigenvalue weighted by Crippen LogP contribution is 2.03. The largest absolute Gasteiger partial charge is 0.378 e. The third-order valence-electron chi connectivity index (χ3n) is 2.15. The summed E-state index contributed by atoms with van der Waals surface area (Å²) in [5.41, 5.74) is 0.886. The fraction of sp³-hybridized carbons (Fsp3) is 0.600. The summed E-state index contributed by atoms with van der Waals surface area (Å²) in [6.07, 6.45) is 1.94. The maximum atomic E-state index is 5.27. The average Bonchev–Trinajstić information content (AvgIpc) is 2.26. The van der Waals surface area contributed by atoms with Gasteiger partial charge in [-0.15, -0.1) is 0 Å². The molecule has 0 bridgehead atoms. The molecule has 78 valence electrons. The summed E-state index contributed by atoms with van der Waals surface area (Å²) in [4.78, 5) is 10.3. The van der Waals surface area contributed by atoms with Crippen LogP contribution in [0.25, 0.3) is 0 Å². The molecular formula is C10H17N3O. The standard InChI is InChI=1S/C10H17N3O/c1-9(11-2)8-10(12-3)13-4-6-14-7-5-13/h8H,2,4-7H2,1,3H3/b9-8-,12-10?. The molecule has 4 heteroatoms. The fourth-order valence-corrected chi connectivity index (χ4v) is 1.32. The normalized spacial score (nSPS) is 19.7. The maximum Gasteiger partial charge on any atom is 0.125 e. The molecule has 1 rings (SSSR count). The summed E-state index contributed by atoms with van der Waals surface area (Å²) >= 11 is 0. The number of morpholine rings is 1. The van der Waals surface area contributed by atoms with Crippen molar-refractivity contribution < 1.29 is 4.74 Å². The number of aliphatic imine (C=N–C) groups is 2. The van der Waals surface area contributed by atoms with Crippen LogP contribution in [0, 0.1) is 0 Å². The molecule has 0 radical (unpaired) electrons. The van der Waals surface area contributed by atoms with Crippen LogP contribution >= 0.6 is 0 Å². The van der Waals surface area contributed by atoms with E-state index in [1.54, 1.807) is 7.05 Å². The summed E-state index contributed by atoms with van der Waals surface area (Å²) in [5.74, 6) is 0.957. The van der Waals surface area contributed by atoms with Crippen molar-refractivity contribution in [3.8, 4) is 0 Å². The smallest absolute Gasteiger partial charge is 0.125 e. The van der Waals surface area contributed by atoms with Crippen LogP contribution in [0.15, 0.2) is 21.8 Å². The van der Waals surface area contributed by atoms with Crippen LogP contribution < -0.4 is 0 Å². The molecule has 1 aliphatic rings. The maximum absolute atomic E-state index is 5.27. The third kappa shape index (κ3) is 2.96. The summed E-state index contributed by atoms with van der Waals surface area (Å²) in [6.45, 7) is 8.73. The molecule has 1 fully saturated rings. The van der Waals surface area contributed by atoms with Gasteiger partial charge in [0.05, 0.1) is 13.2 Å². The third-order valence-corrected chi connectivity index (χ3v) is 2.15. The van der Waals surface area contributed by atoms with Gasteiger partial charge in [-0.2, -0.15) is 0 Å². The summed E-state index contributed by atoms with van der Waals surface area (Å²) < 4.78 is 5.27. The summed E-state index contributed by atoms with van der Waals surface area (Å²) in [6, 6.07) is 0. The van der Waals surface area contributed by atoms with E-state index in [1.165, 1.54) is 0 Å². The van der Waals surface area contributed by atoms with Crippen LogP contribution in [0.5, 0.6) is 0 Å². The number of amidine groups is 1. The number of allylic oxidation sites excluding steroid dienone is 1. The van der Waals surface area contributed by atoms with Crippen LogP contribution in [0.1, 0.15) is 6.92 Å². The average molecular weight is 195 g/mol. The fourth-order valence-electron chi connectivity index (χ4n) is 1.32. The molecule has 14 heavy (non-hydrogen) atoms. The highest BCUT2D eigenvalue weighted by atomic mass is 16.5. The number of hydrogen-bond donors (Lipinski definition) is 0. The van der Waals surface area contributed by atoms with Gasteiger partial charge in [0, 0.05) is 31.9 Å². The topological polar surface area (TPSA) is 37.2 Å². The minimum Gasteiger partial charge on any atom is -0.378 e. The molecule has 0 N–H and O–H groups in total. The Morgan fingerprint density at radius 3 is 2.57 bits per heavy atom. The Bertz CT molecular complexity index is 252. The zero-order valence-corrected chi connectivity index (χ0v) is 8.86. The highest BCUT2D eigenvalue weighted by Gasteiger charge is 2.12. The molecule has 1 heterocycles. The molecule has 0 aliphatic carbocycles. The van der Waals surface area contributed by atoms with E-state index in [1.807, 2.05) is 13.0 Å². The van der Waals surface area contributed by atoms with Crippen molar-refractivity contribution >= 4 is 12.6 Å². The van der Waals surface area contributed by atoms with E-state index in [-0.39, 0.29) is 0 Å². The Morgan fingerprint density at radius 1 is 1.43 bits per heavy atom. The predicted octanol–water partition coefficient (Wildman–Crippen LogP) is 0.951. The number of nitrogens with zero attached hydrogens (tertiary/aromatic N) is 3. The first kappa shape index (κ1) is 10.9. The quantitative estimate of drug-likeness (QED) is 0.486. The van der Waals surface area contributed by atoms with E-state index >= 15 is 0 Å². The van der Waals surface area contributed by atoms with Crippen LogP contribution in [-0.4, -0.2) is 50.8 Å². The second kappa shape index (κ2) is 5.54. The molecule has 0 amide bonds. The van der Waals surface area contributed by atoms with Crippen molar-refractivity contribution in [3.05, 3.63) is 11.8 Å². The van der Waals surface area contributed by atoms with Crippen molar-refractivity contribution in [2.24, 2.45) is 9.98 Å². The van der Waals surface area contributed by atoms with Gasteiger partial charge in [0.15, 0.2) is 0 Å². The molecule has 1 saturated heterocycles. The number of hydrogen-bond acceptors (Lipinski definition) is 3. The van der Waals surface area contributed by atoms with E-state index in [0.29, 0.717) is 0 Å². The van der Waals surface area contributed by atoms with E-state index in [9.17, 15) is 0 Å². The minimum absolute atomic E-state index is 0.771. The highest BCUT2D eigenvalue weighted by molar-refractivity contribution is 5.93. The van der Waals surface area contributed by atoms with Gasteiger partial charge < -0.3 is 9.64 Å². The summed E-state index contributed by atoms with van der Waals surface area (Å²) in [7, 11) is 1.79. The Balaban J connectivity index is 2.66. The molecule has 0 saturated carbocycles. The molecule has 0 spiro atoms. The van der Waals surface area contributed by atoms with E-state index in [0.717, 1.165) is 37.8 Å². The lowest BCUT2D eigenvalue weighted by molar-refractivity contribution is 0.0684. The Morgan fingerprint density at radius 2 is 2.07 bits per heavy atom. The minimum atomic E-state index is 0.771. The zero-order chi connectivity index (χ0) is 10.4. The van der Waals surface area contributed by atoms with Crippen molar-refractivity contribution in [1.29, 1.82) is 0 Å². The monoisotopic (exact) mass is 195 g/mol. The van der Waals surface area contributed by atoms with Gasteiger partial charge in [0.1, 0.15) is 5.84 Å². The van der Waals surface area contributed by atoms with Gasteiger partial charge in [0.25, 0.3) is 0 Å². The second-order valence-corrected chi connectivity index (χ2v) is 3.13. The van der Waals surface area contributed by atoms with E-state index < -0.39 is 0 Å². The molecule has 1 aliphatic heterocycles. The second-order valence-electron chi connectivity index (χ2n) is 3.13. The molecule has 0 aromatic rings. The van der Waals surface area contributed by atoms with E-state index in [4.69, 9.17) is 4.74 Å². The van der Waals surface area contributed by atoms with Crippen molar-refractivity contribution in [3.63, 3.8) is 0 Å². The molecule has 0 unspecified atom stereocenters. The van der Waals surface area contributed by atoms with Gasteiger partial charge in [0.2, 0.25) is 0 Å². The number of rotatable bonds is 2. The Hall–Kier alpha value is -1.16. The van der Waals surface area contributed by atoms with Gasteiger partial charge in [-0.05, 0) is 13.6 Å². The van der Waals surface area contributed by atoms with Crippen molar-refractivity contribution in [2.75, 3.05) is 33.4 Å². The lowest BCUT2D eigenvalue weighted by atomic mass is 10.3. The molecule has 4 nitrogen and oxygen atoms in total. The van der Waals surface area contributed by atoms with Crippen LogP contribution in [0.4, 0.5) is 0 Å². The molecule has 0 atom stereocenters. The van der Waals surface area contributed by atoms with Crippen molar-refractivity contribution in [2.45, 2.75) is 6.92 Å². The van der Waals surface area contributed by atoms with E-state index in [2.05, 4.69) is 21.6 Å². The molecule has 0 aromatic carbocycles. The van der Waals surface area contributed by atoms with Gasteiger partial charge in [-0.1, -0.05) is 0 Å². The zero-order valence-electron chi connectivity index (χ0n) is 8.86. The van der Waals surface area contributed by atoms with Crippen LogP contribution in [-0.2, 0) is 4.74 Å². The van der Waals surface area contributed by atoms with Crippen molar-refractivity contribution in [1.82, 2.24) is 4.90 Å². The predicted molar refractivity (Wildman–Crippen MR) is 59.1 cm³/mol. The first-order valence-corrected chi connectivity index (χ1v) is 4.72. The first-order valence-electron chi connectivity index (χ1n) is 4.72. The lowest BCUT2D eigenvalue weighted by Gasteiger charge is -2.28. The van der Waals surface area contributed by atoms with Gasteiger partial charge in [-0.3, -0.25) is 9.98 Å². The Labute approximate surface area is 85.0 Å². The Kier molecular flexibility index (Phi) is 4.32. The lowest BCUT2D eigenvalue weighted by Crippen LogP contribution is -2.40. The van der Waals surface area contributed by atoms with Gasteiger partial charge in [-0.25, -0.2) is 0 Å². The molecular weight excluding hydrogens is 178 g/mol. The SMILES string of the molecule is C=N/C(C)=C\C(=NC)N1CCOCC1. The molecule has 0 aromatic heterocycles. The van der Waals surface area contributed by atoms with Gasteiger partial charge >= 0.3 is 0 Å². The first-order chi connectivity index (χ1) is 6.77. The van der Waals surface area contributed by atoms with Crippen LogP contribution in [0.3, 0.4) is 0 Å².